The van der Waals surface area contributed by atoms with E-state index in [0.717, 1.165) is 13.0 Å². The summed E-state index contributed by atoms with van der Waals surface area (Å²) >= 11 is 1.72. The predicted molar refractivity (Wildman–Crippen MR) is 64.0 cm³/mol. The molecule has 2 unspecified atom stereocenters. The number of nitrogens with two attached hydrogens (primary N) is 1. The van der Waals surface area contributed by atoms with E-state index in [1.54, 1.807) is 11.3 Å². The van der Waals surface area contributed by atoms with Crippen molar-refractivity contribution in [3.8, 4) is 0 Å². The summed E-state index contributed by atoms with van der Waals surface area (Å²) in [5.74, 6) is 0.393. The zero-order valence-electron chi connectivity index (χ0n) is 9.13. The van der Waals surface area contributed by atoms with E-state index >= 15 is 0 Å². The largest absolute Gasteiger partial charge is 0.334 e. The van der Waals surface area contributed by atoms with E-state index in [4.69, 9.17) is 5.73 Å². The van der Waals surface area contributed by atoms with Gasteiger partial charge in [0.1, 0.15) is 0 Å². The molecule has 2 aliphatic rings. The molecular formula is C12H16N2OS. The fourth-order valence-electron chi connectivity index (χ4n) is 2.06. The van der Waals surface area contributed by atoms with Gasteiger partial charge in [0, 0.05) is 17.0 Å². The first-order valence-electron chi connectivity index (χ1n) is 5.84. The van der Waals surface area contributed by atoms with Crippen LogP contribution in [0.15, 0.2) is 17.5 Å². The van der Waals surface area contributed by atoms with Gasteiger partial charge < -0.3 is 10.6 Å². The molecule has 3 rings (SSSR count). The maximum absolute atomic E-state index is 12.2. The minimum atomic E-state index is 0.112. The highest BCUT2D eigenvalue weighted by molar-refractivity contribution is 7.09. The van der Waals surface area contributed by atoms with E-state index < -0.39 is 0 Å². The molecule has 0 radical (unpaired) electrons. The van der Waals surface area contributed by atoms with Crippen LogP contribution in [0.2, 0.25) is 0 Å². The van der Waals surface area contributed by atoms with Crippen LogP contribution in [-0.4, -0.2) is 22.9 Å². The molecule has 86 valence electrons. The van der Waals surface area contributed by atoms with Gasteiger partial charge in [-0.2, -0.15) is 0 Å². The molecule has 0 bridgehead atoms. The monoisotopic (exact) mass is 236 g/mol. The minimum absolute atomic E-state index is 0.112. The summed E-state index contributed by atoms with van der Waals surface area (Å²) in [5.41, 5.74) is 5.75. The van der Waals surface area contributed by atoms with Crippen molar-refractivity contribution in [2.75, 3.05) is 0 Å². The van der Waals surface area contributed by atoms with Crippen molar-refractivity contribution in [2.24, 2.45) is 11.7 Å². The Morgan fingerprint density at radius 1 is 1.56 bits per heavy atom. The topological polar surface area (TPSA) is 46.3 Å². The first-order valence-corrected chi connectivity index (χ1v) is 6.72. The van der Waals surface area contributed by atoms with E-state index in [1.807, 2.05) is 11.0 Å². The van der Waals surface area contributed by atoms with Gasteiger partial charge in [0.05, 0.1) is 12.5 Å². The first-order chi connectivity index (χ1) is 7.75. The lowest BCUT2D eigenvalue weighted by Crippen LogP contribution is -2.34. The Hall–Kier alpha value is -0.870. The van der Waals surface area contributed by atoms with E-state index in [2.05, 4.69) is 11.4 Å². The highest BCUT2D eigenvalue weighted by atomic mass is 32.1. The van der Waals surface area contributed by atoms with Crippen LogP contribution >= 0.6 is 11.3 Å². The number of amides is 1. The number of rotatable bonds is 4. The van der Waals surface area contributed by atoms with Gasteiger partial charge in [-0.1, -0.05) is 6.07 Å². The summed E-state index contributed by atoms with van der Waals surface area (Å²) in [5, 5.41) is 2.06. The summed E-state index contributed by atoms with van der Waals surface area (Å²) in [6.45, 7) is 0.782. The Bertz CT molecular complexity index is 386. The van der Waals surface area contributed by atoms with Crippen molar-refractivity contribution in [1.82, 2.24) is 4.90 Å². The number of carbonyl (C=O) groups excluding carboxylic acids is 1. The predicted octanol–water partition coefficient (Wildman–Crippen LogP) is 1.59. The number of thiophene rings is 1. The first kappa shape index (κ1) is 10.3. The lowest BCUT2D eigenvalue weighted by Gasteiger charge is -2.21. The SMILES string of the molecule is NC1CC1C(=O)N(Cc1cccs1)C1CC1. The molecule has 1 aromatic heterocycles. The van der Waals surface area contributed by atoms with Gasteiger partial charge >= 0.3 is 0 Å². The molecule has 2 fully saturated rings. The van der Waals surface area contributed by atoms with Gasteiger partial charge in [-0.25, -0.2) is 0 Å². The average molecular weight is 236 g/mol. The third-order valence-corrected chi connectivity index (χ3v) is 4.20. The molecule has 16 heavy (non-hydrogen) atoms. The van der Waals surface area contributed by atoms with Crippen LogP contribution in [0.5, 0.6) is 0 Å². The Morgan fingerprint density at radius 3 is 2.81 bits per heavy atom. The van der Waals surface area contributed by atoms with Crippen molar-refractivity contribution in [2.45, 2.75) is 37.9 Å². The van der Waals surface area contributed by atoms with Gasteiger partial charge in [0.15, 0.2) is 0 Å². The summed E-state index contributed by atoms with van der Waals surface area (Å²) in [4.78, 5) is 15.5. The molecule has 3 nitrogen and oxygen atoms in total. The van der Waals surface area contributed by atoms with E-state index in [1.165, 1.54) is 17.7 Å². The molecule has 2 atom stereocenters. The number of nitrogens with zero attached hydrogens (tertiary/aromatic N) is 1. The summed E-state index contributed by atoms with van der Waals surface area (Å²) < 4.78 is 0. The average Bonchev–Trinajstić information content (AvgIpc) is 3.17. The van der Waals surface area contributed by atoms with Crippen LogP contribution < -0.4 is 5.73 Å². The van der Waals surface area contributed by atoms with Crippen molar-refractivity contribution < 1.29 is 4.79 Å². The molecule has 0 aromatic carbocycles. The Kier molecular flexibility index (Phi) is 2.48. The Labute approximate surface area is 99.2 Å². The number of hydrogen-bond acceptors (Lipinski definition) is 3. The lowest BCUT2D eigenvalue weighted by atomic mass is 10.3. The summed E-state index contributed by atoms with van der Waals surface area (Å²) in [6.07, 6.45) is 3.21. The normalized spacial score (nSPS) is 27.8. The third-order valence-electron chi connectivity index (χ3n) is 3.33. The van der Waals surface area contributed by atoms with Gasteiger partial charge in [-0.05, 0) is 30.7 Å². The van der Waals surface area contributed by atoms with E-state index in [9.17, 15) is 4.79 Å². The zero-order valence-corrected chi connectivity index (χ0v) is 9.95. The fourth-order valence-corrected chi connectivity index (χ4v) is 2.76. The molecule has 0 saturated heterocycles. The second-order valence-electron chi connectivity index (χ2n) is 4.78. The highest BCUT2D eigenvalue weighted by Gasteiger charge is 2.45. The molecule has 1 amide bonds. The van der Waals surface area contributed by atoms with Gasteiger partial charge in [0.2, 0.25) is 5.91 Å². The fraction of sp³-hybridized carbons (Fsp3) is 0.583. The molecule has 1 heterocycles. The highest BCUT2D eigenvalue weighted by Crippen LogP contribution is 2.36. The quantitative estimate of drug-likeness (QED) is 0.863. The molecule has 2 N–H and O–H groups in total. The van der Waals surface area contributed by atoms with Crippen molar-refractivity contribution in [3.05, 3.63) is 22.4 Å². The van der Waals surface area contributed by atoms with Crippen molar-refractivity contribution >= 4 is 17.2 Å². The molecule has 0 aliphatic heterocycles. The van der Waals surface area contributed by atoms with Crippen LogP contribution in [-0.2, 0) is 11.3 Å². The molecule has 2 aliphatic carbocycles. The van der Waals surface area contributed by atoms with Gasteiger partial charge in [0.25, 0.3) is 0 Å². The van der Waals surface area contributed by atoms with Crippen LogP contribution in [0, 0.1) is 5.92 Å². The lowest BCUT2D eigenvalue weighted by molar-refractivity contribution is -0.133. The Balaban J connectivity index is 1.69. The molecular weight excluding hydrogens is 220 g/mol. The van der Waals surface area contributed by atoms with Crippen LogP contribution in [0.25, 0.3) is 0 Å². The second kappa shape index (κ2) is 3.86. The standard InChI is InChI=1S/C12H16N2OS/c13-11-6-10(11)12(15)14(8-3-4-8)7-9-2-1-5-16-9/h1-2,5,8,10-11H,3-4,6-7,13H2. The maximum Gasteiger partial charge on any atom is 0.227 e. The Morgan fingerprint density at radius 2 is 2.31 bits per heavy atom. The van der Waals surface area contributed by atoms with Crippen LogP contribution in [0.3, 0.4) is 0 Å². The second-order valence-corrected chi connectivity index (χ2v) is 5.81. The molecule has 0 spiro atoms. The molecule has 4 heteroatoms. The van der Waals surface area contributed by atoms with E-state index in [0.29, 0.717) is 6.04 Å². The van der Waals surface area contributed by atoms with E-state index in [-0.39, 0.29) is 17.9 Å². The van der Waals surface area contributed by atoms with Gasteiger partial charge in [-0.15, -0.1) is 11.3 Å². The molecule has 2 saturated carbocycles. The number of hydrogen-bond donors (Lipinski definition) is 1. The summed E-state index contributed by atoms with van der Waals surface area (Å²) in [6, 6.07) is 4.75. The molecule has 1 aromatic rings. The smallest absolute Gasteiger partial charge is 0.227 e. The van der Waals surface area contributed by atoms with Crippen molar-refractivity contribution in [3.63, 3.8) is 0 Å². The van der Waals surface area contributed by atoms with Gasteiger partial charge in [-0.3, -0.25) is 4.79 Å². The van der Waals surface area contributed by atoms with Crippen molar-refractivity contribution in [1.29, 1.82) is 0 Å². The third kappa shape index (κ3) is 1.99. The zero-order chi connectivity index (χ0) is 11.1. The van der Waals surface area contributed by atoms with Crippen LogP contribution in [0.4, 0.5) is 0 Å². The number of carbonyl (C=O) groups is 1. The van der Waals surface area contributed by atoms with Crippen LogP contribution in [0.1, 0.15) is 24.1 Å². The summed E-state index contributed by atoms with van der Waals surface area (Å²) in [7, 11) is 0. The maximum atomic E-state index is 12.2. The minimum Gasteiger partial charge on any atom is -0.334 e.